The van der Waals surface area contributed by atoms with Gasteiger partial charge in [0.15, 0.2) is 5.65 Å². The molecule has 0 spiro atoms. The molecule has 1 aliphatic heterocycles. The zero-order valence-electron chi connectivity index (χ0n) is 21.2. The van der Waals surface area contributed by atoms with Gasteiger partial charge in [-0.15, -0.1) is 0 Å². The van der Waals surface area contributed by atoms with Crippen molar-refractivity contribution in [3.8, 4) is 16.8 Å². The van der Waals surface area contributed by atoms with Gasteiger partial charge in [0, 0.05) is 53.2 Å². The highest BCUT2D eigenvalue weighted by Crippen LogP contribution is 2.39. The van der Waals surface area contributed by atoms with Crippen molar-refractivity contribution in [2.24, 2.45) is 0 Å². The normalized spacial score (nSPS) is 18.5. The lowest BCUT2D eigenvalue weighted by Gasteiger charge is -2.46. The van der Waals surface area contributed by atoms with E-state index in [1.165, 1.54) is 26.2 Å². The van der Waals surface area contributed by atoms with Gasteiger partial charge in [0.05, 0.1) is 5.39 Å². The summed E-state index contributed by atoms with van der Waals surface area (Å²) in [6.07, 6.45) is 3.38. The maximum Gasteiger partial charge on any atom is 0.254 e. The molecule has 0 radical (unpaired) electrons. The Bertz CT molecular complexity index is 1480. The van der Waals surface area contributed by atoms with E-state index >= 15 is 4.39 Å². The van der Waals surface area contributed by atoms with Crippen LogP contribution in [0.15, 0.2) is 61.1 Å². The Labute approximate surface area is 220 Å². The molecular weight excluding hydrogens is 493 g/mol. The molecule has 2 atom stereocenters. The summed E-state index contributed by atoms with van der Waals surface area (Å²) in [6.45, 7) is 7.89. The molecule has 1 amide bonds. The lowest BCUT2D eigenvalue weighted by Crippen LogP contribution is -2.61. The summed E-state index contributed by atoms with van der Waals surface area (Å²) in [7, 11) is 0. The number of carbonyl (C=O) groups is 1. The van der Waals surface area contributed by atoms with E-state index in [0.29, 0.717) is 46.1 Å². The van der Waals surface area contributed by atoms with Crippen molar-refractivity contribution in [3.63, 3.8) is 0 Å². The number of benzene rings is 2. The first kappa shape index (κ1) is 25.2. The number of carbonyl (C=O) groups excluding carboxylic acids is 1. The second kappa shape index (κ2) is 9.43. The van der Waals surface area contributed by atoms with Crippen LogP contribution < -0.4 is 4.90 Å². The Kier molecular flexibility index (Phi) is 6.41. The van der Waals surface area contributed by atoms with E-state index in [4.69, 9.17) is 11.6 Å². The van der Waals surface area contributed by atoms with Crippen LogP contribution in [0.25, 0.3) is 27.8 Å². The van der Waals surface area contributed by atoms with Gasteiger partial charge in [0.2, 0.25) is 0 Å². The summed E-state index contributed by atoms with van der Waals surface area (Å²) in [5, 5.41) is 11.6. The van der Waals surface area contributed by atoms with Gasteiger partial charge in [0.25, 0.3) is 5.91 Å². The fourth-order valence-electron chi connectivity index (χ4n) is 5.03. The molecular formula is C28H29ClFN5O2. The van der Waals surface area contributed by atoms with Crippen molar-refractivity contribution in [3.05, 3.63) is 71.9 Å². The number of amides is 1. The van der Waals surface area contributed by atoms with Crippen LogP contribution in [0.1, 0.15) is 27.7 Å². The van der Waals surface area contributed by atoms with Crippen LogP contribution in [-0.4, -0.2) is 61.2 Å². The number of halogens is 2. The summed E-state index contributed by atoms with van der Waals surface area (Å²) >= 11 is 6.29. The second-order valence-electron chi connectivity index (χ2n) is 10.1. The summed E-state index contributed by atoms with van der Waals surface area (Å²) in [6, 6.07) is 13.8. The topological polar surface area (TPSA) is 74.5 Å². The number of aliphatic hydroxyl groups is 1. The molecule has 0 unspecified atom stereocenters. The van der Waals surface area contributed by atoms with Crippen LogP contribution in [0, 0.1) is 5.82 Å². The molecule has 0 aliphatic carbocycles. The summed E-state index contributed by atoms with van der Waals surface area (Å²) in [4.78, 5) is 26.0. The minimum atomic E-state index is -1.45. The zero-order chi connectivity index (χ0) is 26.5. The molecule has 0 bridgehead atoms. The largest absolute Gasteiger partial charge is 0.381 e. The summed E-state index contributed by atoms with van der Waals surface area (Å²) in [5.41, 5.74) is 1.08. The zero-order valence-corrected chi connectivity index (χ0v) is 21.9. The van der Waals surface area contributed by atoms with Gasteiger partial charge in [0.1, 0.15) is 23.6 Å². The minimum absolute atomic E-state index is 0.108. The van der Waals surface area contributed by atoms with Crippen LogP contribution >= 0.6 is 11.6 Å². The standard InChI is InChI=1S/C28H29ClFN5O2/c1-17-14-34(27(36)28(3,4)37)18(2)13-33(17)25-24-22(21-10-5-6-11-23(21)30)15-35(26(24)32-16-31-25)20-9-7-8-19(29)12-20/h5-12,15-18,37H,13-14H2,1-4H3/t17-,18+/m0/s1. The van der Waals surface area contributed by atoms with Gasteiger partial charge < -0.3 is 19.5 Å². The van der Waals surface area contributed by atoms with Crippen LogP contribution in [0.2, 0.25) is 5.02 Å². The van der Waals surface area contributed by atoms with Crippen molar-refractivity contribution >= 4 is 34.4 Å². The van der Waals surface area contributed by atoms with E-state index in [2.05, 4.69) is 14.9 Å². The molecule has 4 aromatic rings. The predicted octanol–water partition coefficient (Wildman–Crippen LogP) is 5.08. The Morgan fingerprint density at radius 1 is 1.05 bits per heavy atom. The maximum atomic E-state index is 15.1. The van der Waals surface area contributed by atoms with Crippen molar-refractivity contribution in [2.75, 3.05) is 18.0 Å². The Morgan fingerprint density at radius 3 is 2.51 bits per heavy atom. The van der Waals surface area contributed by atoms with E-state index < -0.39 is 5.60 Å². The molecule has 1 N–H and O–H groups in total. The van der Waals surface area contributed by atoms with Gasteiger partial charge in [-0.25, -0.2) is 14.4 Å². The average Bonchev–Trinajstić information content (AvgIpc) is 3.24. The highest BCUT2D eigenvalue weighted by Gasteiger charge is 2.39. The monoisotopic (exact) mass is 521 g/mol. The lowest BCUT2D eigenvalue weighted by molar-refractivity contribution is -0.151. The smallest absolute Gasteiger partial charge is 0.254 e. The van der Waals surface area contributed by atoms with Crippen molar-refractivity contribution in [1.29, 1.82) is 0 Å². The van der Waals surface area contributed by atoms with Crippen molar-refractivity contribution in [2.45, 2.75) is 45.4 Å². The molecule has 3 heterocycles. The average molecular weight is 522 g/mol. The molecule has 5 rings (SSSR count). The van der Waals surface area contributed by atoms with Crippen LogP contribution in [0.3, 0.4) is 0 Å². The highest BCUT2D eigenvalue weighted by atomic mass is 35.5. The Hall–Kier alpha value is -3.49. The number of anilines is 1. The van der Waals surface area contributed by atoms with Crippen molar-refractivity contribution < 1.29 is 14.3 Å². The van der Waals surface area contributed by atoms with Crippen LogP contribution in [0.4, 0.5) is 10.2 Å². The third-order valence-corrected chi connectivity index (χ3v) is 7.09. The number of aromatic nitrogens is 3. The highest BCUT2D eigenvalue weighted by molar-refractivity contribution is 6.30. The van der Waals surface area contributed by atoms with Crippen molar-refractivity contribution in [1.82, 2.24) is 19.4 Å². The van der Waals surface area contributed by atoms with Gasteiger partial charge >= 0.3 is 0 Å². The fraction of sp³-hybridized carbons (Fsp3) is 0.321. The van der Waals surface area contributed by atoms with E-state index in [-0.39, 0.29) is 23.8 Å². The summed E-state index contributed by atoms with van der Waals surface area (Å²) < 4.78 is 17.0. The minimum Gasteiger partial charge on any atom is -0.381 e. The number of hydrogen-bond acceptors (Lipinski definition) is 5. The number of fused-ring (bicyclic) bond motifs is 1. The molecule has 37 heavy (non-hydrogen) atoms. The molecule has 1 fully saturated rings. The molecule has 1 saturated heterocycles. The van der Waals surface area contributed by atoms with Gasteiger partial charge in [-0.1, -0.05) is 35.9 Å². The first-order chi connectivity index (χ1) is 17.6. The van der Waals surface area contributed by atoms with E-state index in [0.717, 1.165) is 5.69 Å². The number of nitrogens with zero attached hydrogens (tertiary/aromatic N) is 5. The molecule has 2 aromatic heterocycles. The predicted molar refractivity (Wildman–Crippen MR) is 144 cm³/mol. The number of hydrogen-bond donors (Lipinski definition) is 1. The third kappa shape index (κ3) is 4.55. The quantitative estimate of drug-likeness (QED) is 0.405. The fourth-order valence-corrected chi connectivity index (χ4v) is 5.21. The third-order valence-electron chi connectivity index (χ3n) is 6.86. The SMILES string of the molecule is C[C@@H]1CN(c2ncnc3c2c(-c2ccccc2F)cn3-c2cccc(Cl)c2)[C@@H](C)CN1C(=O)C(C)(C)O. The first-order valence-electron chi connectivity index (χ1n) is 12.2. The molecule has 9 heteroatoms. The molecule has 1 aliphatic rings. The van der Waals surface area contributed by atoms with E-state index in [1.54, 1.807) is 29.2 Å². The van der Waals surface area contributed by atoms with E-state index in [1.807, 2.05) is 42.8 Å². The molecule has 192 valence electrons. The number of piperazine rings is 1. The molecule has 0 saturated carbocycles. The molecule has 7 nitrogen and oxygen atoms in total. The van der Waals surface area contributed by atoms with Crippen LogP contribution in [0.5, 0.6) is 0 Å². The lowest BCUT2D eigenvalue weighted by atomic mass is 10.0. The summed E-state index contributed by atoms with van der Waals surface area (Å²) in [5.74, 6) is 0.0154. The Morgan fingerprint density at radius 2 is 1.81 bits per heavy atom. The number of rotatable bonds is 4. The maximum absolute atomic E-state index is 15.1. The Balaban J connectivity index is 1.68. The van der Waals surface area contributed by atoms with Gasteiger partial charge in [-0.2, -0.15) is 0 Å². The van der Waals surface area contributed by atoms with Crippen LogP contribution in [-0.2, 0) is 4.79 Å². The van der Waals surface area contributed by atoms with Gasteiger partial charge in [-0.3, -0.25) is 4.79 Å². The van der Waals surface area contributed by atoms with E-state index in [9.17, 15) is 9.90 Å². The second-order valence-corrected chi connectivity index (χ2v) is 10.6. The first-order valence-corrected chi connectivity index (χ1v) is 12.6. The van der Waals surface area contributed by atoms with Gasteiger partial charge in [-0.05, 0) is 52.0 Å². The molecule has 2 aromatic carbocycles.